The maximum absolute atomic E-state index is 11.7. The van der Waals surface area contributed by atoms with Crippen molar-refractivity contribution in [3.05, 3.63) is 34.2 Å². The van der Waals surface area contributed by atoms with Gasteiger partial charge in [-0.1, -0.05) is 6.92 Å². The normalized spacial score (nSPS) is 10.4. The average Bonchev–Trinajstić information content (AvgIpc) is 2.94. The van der Waals surface area contributed by atoms with Crippen LogP contribution in [-0.2, 0) is 13.0 Å². The number of rotatable bonds is 4. The standard InChI is InChI=1S/C11H13N3O2S/c1-2-7-5-13-9(16-7)6-14-11(15)10-8(12)3-4-17-10/h3-5H,2,6,12H2,1H3,(H,14,15). The molecule has 0 bridgehead atoms. The summed E-state index contributed by atoms with van der Waals surface area (Å²) in [6.07, 6.45) is 2.46. The first-order valence-corrected chi connectivity index (χ1v) is 6.13. The van der Waals surface area contributed by atoms with Crippen LogP contribution in [-0.4, -0.2) is 10.9 Å². The molecule has 0 aliphatic carbocycles. The molecule has 0 radical (unpaired) electrons. The van der Waals surface area contributed by atoms with E-state index in [9.17, 15) is 4.79 Å². The van der Waals surface area contributed by atoms with Crippen LogP contribution in [0.1, 0.15) is 28.2 Å². The number of hydrogen-bond donors (Lipinski definition) is 2. The van der Waals surface area contributed by atoms with Gasteiger partial charge in [0.1, 0.15) is 10.6 Å². The second kappa shape index (κ2) is 5.01. The molecule has 0 aromatic carbocycles. The number of amides is 1. The van der Waals surface area contributed by atoms with Gasteiger partial charge in [-0.3, -0.25) is 4.79 Å². The molecular weight excluding hydrogens is 238 g/mol. The first-order chi connectivity index (χ1) is 8.20. The minimum Gasteiger partial charge on any atom is -0.444 e. The summed E-state index contributed by atoms with van der Waals surface area (Å²) in [5, 5.41) is 4.50. The molecule has 0 unspecified atom stereocenters. The second-order valence-corrected chi connectivity index (χ2v) is 4.38. The van der Waals surface area contributed by atoms with Crippen molar-refractivity contribution >= 4 is 22.9 Å². The number of anilines is 1. The number of nitrogens with one attached hydrogen (secondary N) is 1. The highest BCUT2D eigenvalue weighted by atomic mass is 32.1. The highest BCUT2D eigenvalue weighted by Crippen LogP contribution is 2.18. The van der Waals surface area contributed by atoms with Crippen LogP contribution >= 0.6 is 11.3 Å². The zero-order valence-electron chi connectivity index (χ0n) is 9.40. The Hall–Kier alpha value is -1.82. The third kappa shape index (κ3) is 2.65. The van der Waals surface area contributed by atoms with Gasteiger partial charge >= 0.3 is 0 Å². The van der Waals surface area contributed by atoms with Crippen LogP contribution < -0.4 is 11.1 Å². The summed E-state index contributed by atoms with van der Waals surface area (Å²) in [7, 11) is 0. The summed E-state index contributed by atoms with van der Waals surface area (Å²) in [5.41, 5.74) is 6.14. The molecule has 2 aromatic rings. The lowest BCUT2D eigenvalue weighted by atomic mass is 10.4. The Morgan fingerprint density at radius 3 is 3.06 bits per heavy atom. The molecule has 3 N–H and O–H groups in total. The molecule has 1 amide bonds. The van der Waals surface area contributed by atoms with E-state index in [1.807, 2.05) is 6.92 Å². The lowest BCUT2D eigenvalue weighted by molar-refractivity contribution is 0.0952. The summed E-state index contributed by atoms with van der Waals surface area (Å²) in [5.74, 6) is 1.11. The van der Waals surface area contributed by atoms with Gasteiger partial charge in [0.25, 0.3) is 5.91 Å². The Morgan fingerprint density at radius 1 is 1.65 bits per heavy atom. The van der Waals surface area contributed by atoms with E-state index in [1.54, 1.807) is 17.6 Å². The average molecular weight is 251 g/mol. The fourth-order valence-electron chi connectivity index (χ4n) is 1.33. The lowest BCUT2D eigenvalue weighted by Gasteiger charge is -2.01. The Balaban J connectivity index is 1.94. The van der Waals surface area contributed by atoms with E-state index in [2.05, 4.69) is 10.3 Å². The quantitative estimate of drug-likeness (QED) is 0.868. The predicted octanol–water partition coefficient (Wildman–Crippen LogP) is 1.81. The number of nitrogens with two attached hydrogens (primary N) is 1. The van der Waals surface area contributed by atoms with Gasteiger partial charge in [0.05, 0.1) is 18.4 Å². The molecule has 5 nitrogen and oxygen atoms in total. The number of carbonyl (C=O) groups excluding carboxylic acids is 1. The van der Waals surface area contributed by atoms with Gasteiger partial charge in [0.15, 0.2) is 0 Å². The third-order valence-electron chi connectivity index (χ3n) is 2.25. The van der Waals surface area contributed by atoms with E-state index in [0.717, 1.165) is 12.2 Å². The van der Waals surface area contributed by atoms with Crippen molar-refractivity contribution < 1.29 is 9.21 Å². The van der Waals surface area contributed by atoms with E-state index < -0.39 is 0 Å². The Bertz CT molecular complexity index is 518. The van der Waals surface area contributed by atoms with Gasteiger partial charge < -0.3 is 15.5 Å². The molecule has 6 heteroatoms. The monoisotopic (exact) mass is 251 g/mol. The fourth-order valence-corrected chi connectivity index (χ4v) is 2.07. The molecule has 2 rings (SSSR count). The molecule has 17 heavy (non-hydrogen) atoms. The van der Waals surface area contributed by atoms with Crippen LogP contribution in [0.3, 0.4) is 0 Å². The van der Waals surface area contributed by atoms with E-state index in [-0.39, 0.29) is 12.5 Å². The van der Waals surface area contributed by atoms with E-state index >= 15 is 0 Å². The SMILES string of the molecule is CCc1cnc(CNC(=O)c2sccc2N)o1. The van der Waals surface area contributed by atoms with Crippen molar-refractivity contribution in [1.82, 2.24) is 10.3 Å². The van der Waals surface area contributed by atoms with Crippen LogP contribution in [0.15, 0.2) is 22.1 Å². The zero-order valence-corrected chi connectivity index (χ0v) is 10.2. The van der Waals surface area contributed by atoms with Crippen molar-refractivity contribution in [3.63, 3.8) is 0 Å². The number of thiophene rings is 1. The number of hydrogen-bond acceptors (Lipinski definition) is 5. The molecule has 0 saturated carbocycles. The van der Waals surface area contributed by atoms with Crippen molar-refractivity contribution in [3.8, 4) is 0 Å². The summed E-state index contributed by atoms with van der Waals surface area (Å²) in [6, 6.07) is 1.71. The number of aryl methyl sites for hydroxylation is 1. The molecule has 0 aliphatic heterocycles. The summed E-state index contributed by atoms with van der Waals surface area (Å²) < 4.78 is 5.38. The minimum atomic E-state index is -0.200. The highest BCUT2D eigenvalue weighted by molar-refractivity contribution is 7.12. The minimum absolute atomic E-state index is 0.200. The number of aromatic nitrogens is 1. The molecule has 2 aromatic heterocycles. The van der Waals surface area contributed by atoms with Gasteiger partial charge in [-0.2, -0.15) is 0 Å². The molecule has 0 atom stereocenters. The predicted molar refractivity (Wildman–Crippen MR) is 65.8 cm³/mol. The van der Waals surface area contributed by atoms with Crippen molar-refractivity contribution in [2.75, 3.05) is 5.73 Å². The fraction of sp³-hybridized carbons (Fsp3) is 0.273. The molecule has 0 aliphatic rings. The molecular formula is C11H13N3O2S. The first-order valence-electron chi connectivity index (χ1n) is 5.25. The maximum Gasteiger partial charge on any atom is 0.263 e. The largest absolute Gasteiger partial charge is 0.444 e. The molecule has 0 spiro atoms. The van der Waals surface area contributed by atoms with Gasteiger partial charge in [-0.15, -0.1) is 11.3 Å². The van der Waals surface area contributed by atoms with Crippen LogP contribution in [0, 0.1) is 0 Å². The van der Waals surface area contributed by atoms with Crippen LogP contribution in [0.5, 0.6) is 0 Å². The zero-order chi connectivity index (χ0) is 12.3. The molecule has 90 valence electrons. The van der Waals surface area contributed by atoms with Crippen LogP contribution in [0.2, 0.25) is 0 Å². The van der Waals surface area contributed by atoms with E-state index in [0.29, 0.717) is 16.5 Å². The van der Waals surface area contributed by atoms with E-state index in [4.69, 9.17) is 10.2 Å². The Kier molecular flexibility index (Phi) is 3.43. The van der Waals surface area contributed by atoms with Gasteiger partial charge in [0.2, 0.25) is 5.89 Å². The van der Waals surface area contributed by atoms with Gasteiger partial charge in [-0.05, 0) is 11.4 Å². The number of carbonyl (C=O) groups is 1. The number of nitrogen functional groups attached to an aromatic ring is 1. The summed E-state index contributed by atoms with van der Waals surface area (Å²) in [4.78, 5) is 16.3. The topological polar surface area (TPSA) is 81.2 Å². The Morgan fingerprint density at radius 2 is 2.47 bits per heavy atom. The van der Waals surface area contributed by atoms with Gasteiger partial charge in [-0.25, -0.2) is 4.98 Å². The molecule has 0 fully saturated rings. The number of oxazole rings is 1. The van der Waals surface area contributed by atoms with Crippen molar-refractivity contribution in [2.24, 2.45) is 0 Å². The van der Waals surface area contributed by atoms with E-state index in [1.165, 1.54) is 11.3 Å². The van der Waals surface area contributed by atoms with Gasteiger partial charge in [0, 0.05) is 6.42 Å². The van der Waals surface area contributed by atoms with Crippen molar-refractivity contribution in [1.29, 1.82) is 0 Å². The lowest BCUT2D eigenvalue weighted by Crippen LogP contribution is -2.22. The highest BCUT2D eigenvalue weighted by Gasteiger charge is 2.11. The van der Waals surface area contributed by atoms with Crippen LogP contribution in [0.25, 0.3) is 0 Å². The number of nitrogens with zero attached hydrogens (tertiary/aromatic N) is 1. The molecule has 2 heterocycles. The summed E-state index contributed by atoms with van der Waals surface area (Å²) in [6.45, 7) is 2.26. The second-order valence-electron chi connectivity index (χ2n) is 3.46. The molecule has 0 saturated heterocycles. The third-order valence-corrected chi connectivity index (χ3v) is 3.18. The summed E-state index contributed by atoms with van der Waals surface area (Å²) >= 11 is 1.31. The first kappa shape index (κ1) is 11.7. The smallest absolute Gasteiger partial charge is 0.263 e. The Labute approximate surface area is 103 Å². The maximum atomic E-state index is 11.7. The van der Waals surface area contributed by atoms with Crippen molar-refractivity contribution in [2.45, 2.75) is 19.9 Å². The van der Waals surface area contributed by atoms with Crippen LogP contribution in [0.4, 0.5) is 5.69 Å².